The minimum absolute atomic E-state index is 1.14. The standard InChI is InChI=1S/C17H24/c1-3-5-8-14-12-16-10-7-11-17(16)13-15(14)9-6-4-2/h7,10,12-13H,3-6,8-9,11H2,1-2H3. The van der Waals surface area contributed by atoms with Gasteiger partial charge in [0.1, 0.15) is 0 Å². The number of aryl methyl sites for hydroxylation is 2. The molecule has 0 nitrogen and oxygen atoms in total. The number of unbranched alkanes of at least 4 members (excludes halogenated alkanes) is 2. The summed E-state index contributed by atoms with van der Waals surface area (Å²) in [6, 6.07) is 4.91. The van der Waals surface area contributed by atoms with Crippen LogP contribution in [0.2, 0.25) is 0 Å². The summed E-state index contributed by atoms with van der Waals surface area (Å²) in [5.74, 6) is 0. The topological polar surface area (TPSA) is 0 Å². The van der Waals surface area contributed by atoms with Gasteiger partial charge in [-0.25, -0.2) is 0 Å². The molecule has 0 heterocycles. The van der Waals surface area contributed by atoms with Crippen LogP contribution in [-0.2, 0) is 19.3 Å². The van der Waals surface area contributed by atoms with E-state index in [-0.39, 0.29) is 0 Å². The fraction of sp³-hybridized carbons (Fsp3) is 0.529. The van der Waals surface area contributed by atoms with Crippen molar-refractivity contribution in [1.29, 1.82) is 0 Å². The highest BCUT2D eigenvalue weighted by Gasteiger charge is 2.10. The van der Waals surface area contributed by atoms with Crippen molar-refractivity contribution in [3.8, 4) is 0 Å². The normalized spacial score (nSPS) is 13.1. The van der Waals surface area contributed by atoms with Gasteiger partial charge in [0.15, 0.2) is 0 Å². The molecular formula is C17H24. The van der Waals surface area contributed by atoms with Crippen LogP contribution in [0.4, 0.5) is 0 Å². The van der Waals surface area contributed by atoms with Crippen LogP contribution in [-0.4, -0.2) is 0 Å². The molecule has 1 aromatic carbocycles. The molecule has 0 atom stereocenters. The monoisotopic (exact) mass is 228 g/mol. The molecule has 0 aromatic heterocycles. The molecular weight excluding hydrogens is 204 g/mol. The Hall–Kier alpha value is -1.04. The summed E-state index contributed by atoms with van der Waals surface area (Å²) in [7, 11) is 0. The fourth-order valence-corrected chi connectivity index (χ4v) is 2.60. The fourth-order valence-electron chi connectivity index (χ4n) is 2.60. The van der Waals surface area contributed by atoms with E-state index in [1.165, 1.54) is 49.7 Å². The molecule has 1 aromatic rings. The van der Waals surface area contributed by atoms with E-state index in [9.17, 15) is 0 Å². The zero-order chi connectivity index (χ0) is 12.1. The molecule has 1 aliphatic rings. The summed E-state index contributed by atoms with van der Waals surface area (Å²) < 4.78 is 0. The van der Waals surface area contributed by atoms with Crippen molar-refractivity contribution in [3.05, 3.63) is 40.5 Å². The van der Waals surface area contributed by atoms with Crippen molar-refractivity contribution in [2.75, 3.05) is 0 Å². The zero-order valence-corrected chi connectivity index (χ0v) is 11.3. The van der Waals surface area contributed by atoms with Crippen molar-refractivity contribution in [2.45, 2.75) is 58.8 Å². The van der Waals surface area contributed by atoms with Gasteiger partial charge in [-0.05, 0) is 54.4 Å². The average Bonchev–Trinajstić information content (AvgIpc) is 2.80. The highest BCUT2D eigenvalue weighted by atomic mass is 14.2. The molecule has 1 aliphatic carbocycles. The molecule has 0 radical (unpaired) electrons. The molecule has 0 amide bonds. The minimum Gasteiger partial charge on any atom is -0.0795 e. The van der Waals surface area contributed by atoms with Crippen LogP contribution in [0.1, 0.15) is 61.8 Å². The molecule has 0 unspecified atom stereocenters. The lowest BCUT2D eigenvalue weighted by molar-refractivity contribution is 0.757. The Morgan fingerprint density at radius 2 is 1.59 bits per heavy atom. The first kappa shape index (κ1) is 12.4. The Morgan fingerprint density at radius 1 is 0.941 bits per heavy atom. The first-order valence-electron chi connectivity index (χ1n) is 7.16. The third-order valence-electron chi connectivity index (χ3n) is 3.70. The third-order valence-corrected chi connectivity index (χ3v) is 3.70. The molecule has 0 heteroatoms. The number of allylic oxidation sites excluding steroid dienone is 1. The van der Waals surface area contributed by atoms with E-state index < -0.39 is 0 Å². The molecule has 0 spiro atoms. The number of fused-ring (bicyclic) bond motifs is 1. The predicted molar refractivity (Wildman–Crippen MR) is 76.4 cm³/mol. The molecule has 0 aliphatic heterocycles. The van der Waals surface area contributed by atoms with Crippen LogP contribution in [0.3, 0.4) is 0 Å². The van der Waals surface area contributed by atoms with Crippen LogP contribution in [0.15, 0.2) is 18.2 Å². The molecule has 0 saturated heterocycles. The van der Waals surface area contributed by atoms with E-state index in [2.05, 4.69) is 38.1 Å². The largest absolute Gasteiger partial charge is 0.0795 e. The summed E-state index contributed by atoms with van der Waals surface area (Å²) in [4.78, 5) is 0. The third kappa shape index (κ3) is 3.00. The Kier molecular flexibility index (Phi) is 4.42. The predicted octanol–water partition coefficient (Wildman–Crippen LogP) is 4.94. The van der Waals surface area contributed by atoms with Gasteiger partial charge in [-0.1, -0.05) is 51.0 Å². The van der Waals surface area contributed by atoms with Gasteiger partial charge in [0.25, 0.3) is 0 Å². The second-order valence-electron chi connectivity index (χ2n) is 5.13. The average molecular weight is 228 g/mol. The van der Waals surface area contributed by atoms with Gasteiger partial charge < -0.3 is 0 Å². The highest BCUT2D eigenvalue weighted by molar-refractivity contribution is 5.62. The smallest absolute Gasteiger partial charge is 0.00881 e. The van der Waals surface area contributed by atoms with Crippen LogP contribution >= 0.6 is 0 Å². The maximum Gasteiger partial charge on any atom is -0.00881 e. The van der Waals surface area contributed by atoms with Crippen molar-refractivity contribution in [3.63, 3.8) is 0 Å². The van der Waals surface area contributed by atoms with E-state index >= 15 is 0 Å². The summed E-state index contributed by atoms with van der Waals surface area (Å²) in [6.45, 7) is 4.56. The number of rotatable bonds is 6. The molecule has 0 bridgehead atoms. The van der Waals surface area contributed by atoms with Crippen molar-refractivity contribution in [2.24, 2.45) is 0 Å². The Morgan fingerprint density at radius 3 is 2.24 bits per heavy atom. The van der Waals surface area contributed by atoms with Crippen LogP contribution in [0.25, 0.3) is 6.08 Å². The quantitative estimate of drug-likeness (QED) is 0.647. The van der Waals surface area contributed by atoms with Crippen LogP contribution in [0.5, 0.6) is 0 Å². The van der Waals surface area contributed by atoms with Crippen LogP contribution in [0, 0.1) is 0 Å². The lowest BCUT2D eigenvalue weighted by Gasteiger charge is -2.12. The molecule has 2 rings (SSSR count). The van der Waals surface area contributed by atoms with Gasteiger partial charge >= 0.3 is 0 Å². The molecule has 0 saturated carbocycles. The van der Waals surface area contributed by atoms with Crippen molar-refractivity contribution < 1.29 is 0 Å². The lowest BCUT2D eigenvalue weighted by Crippen LogP contribution is -1.98. The Bertz CT molecular complexity index is 399. The second kappa shape index (κ2) is 6.05. The SMILES string of the molecule is CCCCc1cc2c(cc1CCCC)CC=C2. The first-order valence-corrected chi connectivity index (χ1v) is 7.16. The minimum atomic E-state index is 1.14. The Balaban J connectivity index is 2.21. The van der Waals surface area contributed by atoms with Gasteiger partial charge in [0.2, 0.25) is 0 Å². The second-order valence-corrected chi connectivity index (χ2v) is 5.13. The maximum absolute atomic E-state index is 2.47. The summed E-state index contributed by atoms with van der Waals surface area (Å²) in [5.41, 5.74) is 6.22. The van der Waals surface area contributed by atoms with E-state index in [4.69, 9.17) is 0 Å². The molecule has 17 heavy (non-hydrogen) atoms. The molecule has 0 N–H and O–H groups in total. The number of hydrogen-bond donors (Lipinski definition) is 0. The number of benzene rings is 1. The first-order chi connectivity index (χ1) is 8.35. The van der Waals surface area contributed by atoms with E-state index in [1.54, 1.807) is 11.1 Å². The van der Waals surface area contributed by atoms with Gasteiger partial charge in [0.05, 0.1) is 0 Å². The molecule has 0 fully saturated rings. The van der Waals surface area contributed by atoms with Gasteiger partial charge in [-0.3, -0.25) is 0 Å². The van der Waals surface area contributed by atoms with E-state index in [1.807, 2.05) is 0 Å². The summed E-state index contributed by atoms with van der Waals surface area (Å²) >= 11 is 0. The lowest BCUT2D eigenvalue weighted by atomic mass is 9.93. The van der Waals surface area contributed by atoms with Gasteiger partial charge in [-0.2, -0.15) is 0 Å². The highest BCUT2D eigenvalue weighted by Crippen LogP contribution is 2.26. The van der Waals surface area contributed by atoms with Gasteiger partial charge in [-0.15, -0.1) is 0 Å². The summed E-state index contributed by atoms with van der Waals surface area (Å²) in [5, 5.41) is 0. The van der Waals surface area contributed by atoms with E-state index in [0.717, 1.165) is 6.42 Å². The molecule has 92 valence electrons. The van der Waals surface area contributed by atoms with E-state index in [0.29, 0.717) is 0 Å². The van der Waals surface area contributed by atoms with Crippen LogP contribution < -0.4 is 0 Å². The summed E-state index contributed by atoms with van der Waals surface area (Å²) in [6.07, 6.45) is 13.5. The van der Waals surface area contributed by atoms with Gasteiger partial charge in [0, 0.05) is 0 Å². The number of hydrogen-bond acceptors (Lipinski definition) is 0. The zero-order valence-electron chi connectivity index (χ0n) is 11.3. The van der Waals surface area contributed by atoms with Crippen molar-refractivity contribution >= 4 is 6.08 Å². The maximum atomic E-state index is 2.47. The Labute approximate surface area is 106 Å². The van der Waals surface area contributed by atoms with Crippen molar-refractivity contribution in [1.82, 2.24) is 0 Å².